The molecule has 92 valence electrons. The van der Waals surface area contributed by atoms with Crippen LogP contribution < -0.4 is 0 Å². The van der Waals surface area contributed by atoms with Gasteiger partial charge in [0.25, 0.3) is 5.97 Å². The maximum absolute atomic E-state index is 10.6. The summed E-state index contributed by atoms with van der Waals surface area (Å²) in [7, 11) is 0. The Bertz CT molecular complexity index is 359. The minimum absolute atomic E-state index is 0. The zero-order valence-corrected chi connectivity index (χ0v) is 10.8. The fraction of sp³-hybridized carbons (Fsp3) is 0.214. The van der Waals surface area contributed by atoms with Crippen molar-refractivity contribution >= 4 is 5.97 Å². The van der Waals surface area contributed by atoms with Gasteiger partial charge in [-0.25, -0.2) is 18.2 Å². The standard InChI is InChI=1S/C9H11O2.C5H5.Fe/c1-2-8(9(10)11)7-5-3-4-6-7;1-2-4-5-3-1;/h3-6,8H,2H2,1H3,(H,10,11);1-5H;/q2*-1;+2. The van der Waals surface area contributed by atoms with E-state index in [0.717, 1.165) is 5.56 Å². The number of aliphatic carboxylic acids is 1. The third-order valence-electron chi connectivity index (χ3n) is 2.35. The molecule has 2 nitrogen and oxygen atoms in total. The van der Waals surface area contributed by atoms with Gasteiger partial charge in [0.2, 0.25) is 0 Å². The van der Waals surface area contributed by atoms with Crippen molar-refractivity contribution in [2.24, 2.45) is 0 Å². The van der Waals surface area contributed by atoms with E-state index in [1.165, 1.54) is 0 Å². The smallest absolute Gasteiger partial charge is 0.482 e. The molecule has 0 aliphatic heterocycles. The first kappa shape index (κ1) is 15.7. The average Bonchev–Trinajstić information content (AvgIpc) is 2.94. The quantitative estimate of drug-likeness (QED) is 0.687. The monoisotopic (exact) mass is 272 g/mol. The van der Waals surface area contributed by atoms with Crippen LogP contribution in [-0.2, 0) is 21.9 Å². The molecule has 0 spiro atoms. The maximum atomic E-state index is 10.6. The second-order valence-electron chi connectivity index (χ2n) is 3.48. The van der Waals surface area contributed by atoms with E-state index in [1.807, 2.05) is 61.5 Å². The first-order chi connectivity index (χ1) is 7.75. The van der Waals surface area contributed by atoms with Crippen LogP contribution in [0.25, 0.3) is 0 Å². The fourth-order valence-electron chi connectivity index (χ4n) is 1.49. The Hall–Kier alpha value is -1.31. The van der Waals surface area contributed by atoms with Crippen LogP contribution in [-0.4, -0.2) is 11.1 Å². The predicted octanol–water partition coefficient (Wildman–Crippen LogP) is 3.39. The number of carbonyl (C=O) groups is 1. The van der Waals surface area contributed by atoms with Gasteiger partial charge in [0.05, 0.1) is 0 Å². The van der Waals surface area contributed by atoms with Gasteiger partial charge in [-0.05, 0) is 0 Å². The summed E-state index contributed by atoms with van der Waals surface area (Å²) in [6, 6.07) is 17.4. The van der Waals surface area contributed by atoms with Crippen molar-refractivity contribution in [2.45, 2.75) is 19.3 Å². The molecule has 0 heterocycles. The number of hydrogen-bond donors (Lipinski definition) is 1. The molecule has 2 aromatic rings. The number of rotatable bonds is 3. The van der Waals surface area contributed by atoms with E-state index in [2.05, 4.69) is 0 Å². The molecule has 0 fully saturated rings. The van der Waals surface area contributed by atoms with Crippen LogP contribution in [0.15, 0.2) is 54.6 Å². The summed E-state index contributed by atoms with van der Waals surface area (Å²) in [5.41, 5.74) is 0.903. The molecule has 2 rings (SSSR count). The van der Waals surface area contributed by atoms with Gasteiger partial charge in [-0.15, -0.1) is 0 Å². The molecule has 0 amide bonds. The molecule has 1 atom stereocenters. The second-order valence-corrected chi connectivity index (χ2v) is 3.48. The Labute approximate surface area is 112 Å². The third-order valence-corrected chi connectivity index (χ3v) is 2.35. The molecule has 1 unspecified atom stereocenters. The van der Waals surface area contributed by atoms with E-state index in [-0.39, 0.29) is 23.0 Å². The van der Waals surface area contributed by atoms with E-state index in [4.69, 9.17) is 5.11 Å². The first-order valence-electron chi connectivity index (χ1n) is 5.36. The summed E-state index contributed by atoms with van der Waals surface area (Å²) in [6.07, 6.45) is 0.652. The number of hydrogen-bond acceptors (Lipinski definition) is 1. The van der Waals surface area contributed by atoms with Crippen LogP contribution in [0.1, 0.15) is 24.8 Å². The van der Waals surface area contributed by atoms with Crippen molar-refractivity contribution in [3.8, 4) is 0 Å². The van der Waals surface area contributed by atoms with Crippen molar-refractivity contribution in [2.75, 3.05) is 0 Å². The van der Waals surface area contributed by atoms with Crippen LogP contribution in [0.5, 0.6) is 0 Å². The van der Waals surface area contributed by atoms with Crippen molar-refractivity contribution < 1.29 is 27.0 Å². The summed E-state index contributed by atoms with van der Waals surface area (Å²) in [6.45, 7) is 1.88. The zero-order chi connectivity index (χ0) is 11.8. The van der Waals surface area contributed by atoms with Crippen molar-refractivity contribution in [3.05, 3.63) is 60.2 Å². The molecule has 0 saturated carbocycles. The Morgan fingerprint density at radius 1 is 1.29 bits per heavy atom. The fourth-order valence-corrected chi connectivity index (χ4v) is 1.49. The van der Waals surface area contributed by atoms with Gasteiger partial charge in [0, 0.05) is 5.92 Å². The molecule has 0 aromatic heterocycles. The molecule has 1 N–H and O–H groups in total. The van der Waals surface area contributed by atoms with Gasteiger partial charge in [-0.2, -0.15) is 42.0 Å². The molecule has 0 radical (unpaired) electrons. The molecular formula is C14H16FeO2. The Morgan fingerprint density at radius 2 is 1.94 bits per heavy atom. The van der Waals surface area contributed by atoms with Gasteiger partial charge < -0.3 is 5.11 Å². The van der Waals surface area contributed by atoms with Crippen molar-refractivity contribution in [1.82, 2.24) is 0 Å². The maximum Gasteiger partial charge on any atom is 2.00 e. The van der Waals surface area contributed by atoms with Gasteiger partial charge in [-0.3, -0.25) is 4.79 Å². The summed E-state index contributed by atoms with van der Waals surface area (Å²) >= 11 is 0. The summed E-state index contributed by atoms with van der Waals surface area (Å²) in [4.78, 5) is 10.6. The van der Waals surface area contributed by atoms with Crippen LogP contribution >= 0.6 is 0 Å². The largest absolute Gasteiger partial charge is 2.00 e. The zero-order valence-electron chi connectivity index (χ0n) is 9.69. The normalized spacial score (nSPS) is 10.6. The molecule has 0 saturated heterocycles. The van der Waals surface area contributed by atoms with Crippen LogP contribution in [0.3, 0.4) is 0 Å². The minimum atomic E-state index is -0.737. The van der Waals surface area contributed by atoms with E-state index in [1.54, 1.807) is 0 Å². The van der Waals surface area contributed by atoms with Gasteiger partial charge >= 0.3 is 17.1 Å². The topological polar surface area (TPSA) is 37.3 Å². The van der Waals surface area contributed by atoms with Crippen molar-refractivity contribution in [1.29, 1.82) is 0 Å². The second kappa shape index (κ2) is 8.80. The first-order valence-corrected chi connectivity index (χ1v) is 5.36. The van der Waals surface area contributed by atoms with E-state index < -0.39 is 5.97 Å². The van der Waals surface area contributed by atoms with E-state index in [9.17, 15) is 4.79 Å². The Kier molecular flexibility index (Phi) is 8.12. The molecule has 3 heteroatoms. The summed E-state index contributed by atoms with van der Waals surface area (Å²) < 4.78 is 0. The Morgan fingerprint density at radius 3 is 2.24 bits per heavy atom. The molecule has 0 aliphatic rings. The van der Waals surface area contributed by atoms with Crippen LogP contribution in [0.4, 0.5) is 0 Å². The van der Waals surface area contributed by atoms with E-state index in [0.29, 0.717) is 6.42 Å². The third kappa shape index (κ3) is 5.53. The van der Waals surface area contributed by atoms with Gasteiger partial charge in [0.1, 0.15) is 0 Å². The molecule has 0 bridgehead atoms. The Balaban J connectivity index is 0.000000360. The van der Waals surface area contributed by atoms with Gasteiger partial charge in [0.15, 0.2) is 0 Å². The molecule has 0 aliphatic carbocycles. The summed E-state index contributed by atoms with van der Waals surface area (Å²) in [5.74, 6) is -1.07. The average molecular weight is 272 g/mol. The molecule has 2 aromatic carbocycles. The molecular weight excluding hydrogens is 256 g/mol. The molecule has 17 heavy (non-hydrogen) atoms. The van der Waals surface area contributed by atoms with E-state index >= 15 is 0 Å². The minimum Gasteiger partial charge on any atom is -0.482 e. The van der Waals surface area contributed by atoms with Crippen LogP contribution in [0.2, 0.25) is 0 Å². The van der Waals surface area contributed by atoms with Gasteiger partial charge in [-0.1, -0.05) is 13.3 Å². The SMILES string of the molecule is CCC(C(=O)O)c1cc[cH-]c1.[Fe+2].c1cc[cH-]c1. The number of carboxylic acid groups (broad SMARTS) is 1. The number of carboxylic acids is 1. The van der Waals surface area contributed by atoms with Crippen molar-refractivity contribution in [3.63, 3.8) is 0 Å². The predicted molar refractivity (Wildman–Crippen MR) is 64.7 cm³/mol. The summed E-state index contributed by atoms with van der Waals surface area (Å²) in [5, 5.41) is 8.75. The van der Waals surface area contributed by atoms with Crippen LogP contribution in [0, 0.1) is 0 Å².